The normalized spacial score (nSPS) is 12.4. The van der Waals surface area contributed by atoms with Crippen molar-refractivity contribution in [1.29, 1.82) is 0 Å². The van der Waals surface area contributed by atoms with Crippen LogP contribution >= 0.6 is 11.8 Å². The summed E-state index contributed by atoms with van der Waals surface area (Å²) in [7, 11) is 0. The van der Waals surface area contributed by atoms with Gasteiger partial charge in [-0.3, -0.25) is 4.79 Å². The summed E-state index contributed by atoms with van der Waals surface area (Å²) in [4.78, 5) is 10.6. The van der Waals surface area contributed by atoms with Crippen LogP contribution in [0, 0.1) is 20.8 Å². The number of carbonyl (C=O) groups is 1. The second kappa shape index (κ2) is 6.81. The summed E-state index contributed by atoms with van der Waals surface area (Å²) in [5.41, 5.74) is 10.7. The van der Waals surface area contributed by atoms with E-state index in [4.69, 9.17) is 10.8 Å². The van der Waals surface area contributed by atoms with Gasteiger partial charge in [-0.25, -0.2) is 0 Å². The molecule has 18 heavy (non-hydrogen) atoms. The Morgan fingerprint density at radius 1 is 1.33 bits per heavy atom. The van der Waals surface area contributed by atoms with E-state index >= 15 is 0 Å². The van der Waals surface area contributed by atoms with Crippen molar-refractivity contribution in [1.82, 2.24) is 0 Å². The first-order valence-electron chi connectivity index (χ1n) is 6.04. The highest BCUT2D eigenvalue weighted by Crippen LogP contribution is 2.22. The first-order chi connectivity index (χ1) is 8.41. The second-order valence-electron chi connectivity index (χ2n) is 4.66. The number of thioether (sulfide) groups is 1. The zero-order valence-corrected chi connectivity index (χ0v) is 12.0. The van der Waals surface area contributed by atoms with Gasteiger partial charge in [-0.1, -0.05) is 17.7 Å². The van der Waals surface area contributed by atoms with Gasteiger partial charge in [-0.05, 0) is 49.6 Å². The van der Waals surface area contributed by atoms with Crippen molar-refractivity contribution in [2.45, 2.75) is 39.0 Å². The van der Waals surface area contributed by atoms with Crippen LogP contribution in [0.2, 0.25) is 0 Å². The number of carboxylic acids is 1. The molecular weight excluding hydrogens is 246 g/mol. The Hall–Kier alpha value is -1.00. The number of aryl methyl sites for hydroxylation is 3. The van der Waals surface area contributed by atoms with Gasteiger partial charge < -0.3 is 10.8 Å². The average molecular weight is 267 g/mol. The highest BCUT2D eigenvalue weighted by molar-refractivity contribution is 7.98. The third-order valence-corrected chi connectivity index (χ3v) is 3.99. The Bertz CT molecular complexity index is 409. The van der Waals surface area contributed by atoms with Gasteiger partial charge in [-0.15, -0.1) is 0 Å². The van der Waals surface area contributed by atoms with Crippen molar-refractivity contribution in [2.24, 2.45) is 5.73 Å². The molecule has 1 rings (SSSR count). The van der Waals surface area contributed by atoms with Crippen LogP contribution in [0.25, 0.3) is 0 Å². The van der Waals surface area contributed by atoms with E-state index < -0.39 is 12.0 Å². The summed E-state index contributed by atoms with van der Waals surface area (Å²) in [5.74, 6) is 0.781. The summed E-state index contributed by atoms with van der Waals surface area (Å²) >= 11 is 1.74. The molecule has 0 saturated heterocycles. The number of hydrogen-bond donors (Lipinski definition) is 2. The lowest BCUT2D eigenvalue weighted by Gasteiger charge is -2.11. The van der Waals surface area contributed by atoms with E-state index in [-0.39, 0.29) is 0 Å². The fourth-order valence-electron chi connectivity index (χ4n) is 1.95. The van der Waals surface area contributed by atoms with Crippen LogP contribution in [-0.4, -0.2) is 22.9 Å². The first kappa shape index (κ1) is 15.1. The Morgan fingerprint density at radius 2 is 1.89 bits per heavy atom. The molecule has 0 fully saturated rings. The molecule has 0 aromatic heterocycles. The SMILES string of the molecule is Cc1cc(C)c(CSCCC(N)C(=O)O)c(C)c1. The lowest BCUT2D eigenvalue weighted by atomic mass is 10.0. The van der Waals surface area contributed by atoms with Gasteiger partial charge in [0, 0.05) is 5.75 Å². The van der Waals surface area contributed by atoms with Crippen molar-refractivity contribution in [3.05, 3.63) is 34.4 Å². The molecule has 0 aliphatic heterocycles. The molecule has 0 heterocycles. The molecule has 0 aliphatic carbocycles. The van der Waals surface area contributed by atoms with Crippen molar-refractivity contribution >= 4 is 17.7 Å². The van der Waals surface area contributed by atoms with Gasteiger partial charge in [0.2, 0.25) is 0 Å². The lowest BCUT2D eigenvalue weighted by molar-refractivity contribution is -0.138. The number of rotatable bonds is 6. The van der Waals surface area contributed by atoms with Gasteiger partial charge in [0.05, 0.1) is 0 Å². The van der Waals surface area contributed by atoms with Gasteiger partial charge in [0.15, 0.2) is 0 Å². The van der Waals surface area contributed by atoms with Crippen molar-refractivity contribution in [2.75, 3.05) is 5.75 Å². The molecule has 0 saturated carbocycles. The van der Waals surface area contributed by atoms with Crippen LogP contribution in [0.4, 0.5) is 0 Å². The van der Waals surface area contributed by atoms with Crippen molar-refractivity contribution < 1.29 is 9.90 Å². The molecule has 1 unspecified atom stereocenters. The Balaban J connectivity index is 2.47. The zero-order valence-electron chi connectivity index (χ0n) is 11.2. The Morgan fingerprint density at radius 3 is 2.39 bits per heavy atom. The van der Waals surface area contributed by atoms with E-state index in [1.54, 1.807) is 11.8 Å². The molecular formula is C14H21NO2S. The minimum Gasteiger partial charge on any atom is -0.480 e. The molecule has 0 amide bonds. The summed E-state index contributed by atoms with van der Waals surface area (Å²) in [5, 5.41) is 8.68. The van der Waals surface area contributed by atoms with E-state index in [2.05, 4.69) is 32.9 Å². The fourth-order valence-corrected chi connectivity index (χ4v) is 3.17. The molecule has 3 N–H and O–H groups in total. The van der Waals surface area contributed by atoms with Crippen molar-refractivity contribution in [3.8, 4) is 0 Å². The standard InChI is InChI=1S/C14H21NO2S/c1-9-6-10(2)12(11(3)7-9)8-18-5-4-13(15)14(16)17/h6-7,13H,4-5,8,15H2,1-3H3,(H,16,17). The molecule has 0 aliphatic rings. The number of nitrogens with two attached hydrogens (primary N) is 1. The summed E-state index contributed by atoms with van der Waals surface area (Å²) < 4.78 is 0. The minimum atomic E-state index is -0.918. The first-order valence-corrected chi connectivity index (χ1v) is 7.20. The predicted molar refractivity (Wildman–Crippen MR) is 77.0 cm³/mol. The quantitative estimate of drug-likeness (QED) is 0.778. The van der Waals surface area contributed by atoms with Gasteiger partial charge >= 0.3 is 5.97 Å². The molecule has 0 spiro atoms. The number of aliphatic carboxylic acids is 1. The molecule has 0 bridgehead atoms. The number of hydrogen-bond acceptors (Lipinski definition) is 3. The number of benzene rings is 1. The molecule has 100 valence electrons. The van der Waals surface area contributed by atoms with Crippen LogP contribution in [0.1, 0.15) is 28.7 Å². The van der Waals surface area contributed by atoms with E-state index in [9.17, 15) is 4.79 Å². The Labute approximate surface area is 113 Å². The van der Waals surface area contributed by atoms with Crippen LogP contribution in [0.5, 0.6) is 0 Å². The van der Waals surface area contributed by atoms with Crippen LogP contribution in [0.3, 0.4) is 0 Å². The third kappa shape index (κ3) is 4.35. The number of carboxylic acid groups (broad SMARTS) is 1. The molecule has 1 atom stereocenters. The maximum absolute atomic E-state index is 10.6. The van der Waals surface area contributed by atoms with E-state index in [0.717, 1.165) is 11.5 Å². The predicted octanol–water partition coefficient (Wildman–Crippen LogP) is 2.65. The van der Waals surface area contributed by atoms with Gasteiger partial charge in [0.1, 0.15) is 6.04 Å². The van der Waals surface area contributed by atoms with Crippen LogP contribution < -0.4 is 5.73 Å². The monoisotopic (exact) mass is 267 g/mol. The lowest BCUT2D eigenvalue weighted by Crippen LogP contribution is -2.30. The summed E-state index contributed by atoms with van der Waals surface area (Å²) in [6.07, 6.45) is 0.518. The van der Waals surface area contributed by atoms with Crippen molar-refractivity contribution in [3.63, 3.8) is 0 Å². The molecule has 3 nitrogen and oxygen atoms in total. The summed E-state index contributed by atoms with van der Waals surface area (Å²) in [6, 6.07) is 3.63. The highest BCUT2D eigenvalue weighted by atomic mass is 32.2. The molecule has 1 aromatic rings. The molecule has 0 radical (unpaired) electrons. The highest BCUT2D eigenvalue weighted by Gasteiger charge is 2.11. The maximum atomic E-state index is 10.6. The van der Waals surface area contributed by atoms with E-state index in [0.29, 0.717) is 6.42 Å². The molecule has 1 aromatic carbocycles. The summed E-state index contributed by atoms with van der Waals surface area (Å²) in [6.45, 7) is 6.35. The second-order valence-corrected chi connectivity index (χ2v) is 5.77. The minimum absolute atomic E-state index is 0.518. The smallest absolute Gasteiger partial charge is 0.320 e. The maximum Gasteiger partial charge on any atom is 0.320 e. The third-order valence-electron chi connectivity index (χ3n) is 2.98. The Kier molecular flexibility index (Phi) is 5.69. The topological polar surface area (TPSA) is 63.3 Å². The fraction of sp³-hybridized carbons (Fsp3) is 0.500. The molecule has 4 heteroatoms. The van der Waals surface area contributed by atoms with Gasteiger partial charge in [0.25, 0.3) is 0 Å². The van der Waals surface area contributed by atoms with E-state index in [1.807, 2.05) is 0 Å². The van der Waals surface area contributed by atoms with E-state index in [1.165, 1.54) is 22.3 Å². The zero-order chi connectivity index (χ0) is 13.7. The van der Waals surface area contributed by atoms with Gasteiger partial charge in [-0.2, -0.15) is 11.8 Å². The van der Waals surface area contributed by atoms with Crippen LogP contribution in [0.15, 0.2) is 12.1 Å². The van der Waals surface area contributed by atoms with Crippen LogP contribution in [-0.2, 0) is 10.5 Å². The average Bonchev–Trinajstić information content (AvgIpc) is 2.26. The largest absolute Gasteiger partial charge is 0.480 e.